The number of nitrogens with zero attached hydrogens (tertiary/aromatic N) is 3. The van der Waals surface area contributed by atoms with Crippen LogP contribution in [0.3, 0.4) is 0 Å². The molecule has 1 unspecified atom stereocenters. The van der Waals surface area contributed by atoms with Crippen LogP contribution >= 0.6 is 24.3 Å². The molecule has 0 bridgehead atoms. The fraction of sp³-hybridized carbons (Fsp3) is 0.867. The maximum Gasteiger partial charge on any atom is 0.341 e. The molecule has 0 spiro atoms. The maximum atomic E-state index is 12.1. The highest BCUT2D eigenvalue weighted by Crippen LogP contribution is 2.42. The van der Waals surface area contributed by atoms with E-state index in [9.17, 15) is 29.0 Å². The molecule has 0 aromatic carbocycles. The lowest BCUT2D eigenvalue weighted by Gasteiger charge is -2.24. The third-order valence-electron chi connectivity index (χ3n) is 3.36. The Morgan fingerprint density at radius 1 is 0.867 bits per heavy atom. The topological polar surface area (TPSA) is 174 Å². The van der Waals surface area contributed by atoms with Crippen LogP contribution in [0.2, 0.25) is 0 Å². The molecule has 30 heavy (non-hydrogen) atoms. The zero-order chi connectivity index (χ0) is 23.0. The van der Waals surface area contributed by atoms with Crippen LogP contribution in [0.4, 0.5) is 0 Å². The third-order valence-corrected chi connectivity index (χ3v) is 6.00. The van der Waals surface area contributed by atoms with E-state index in [1.165, 1.54) is 0 Å². The molecule has 0 aliphatic rings. The Kier molecular flexibility index (Phi) is 17.2. The van der Waals surface area contributed by atoms with Crippen LogP contribution < -0.4 is 0 Å². The molecule has 0 saturated heterocycles. The van der Waals surface area contributed by atoms with Crippen molar-refractivity contribution in [1.29, 1.82) is 0 Å². The van der Waals surface area contributed by atoms with E-state index in [-0.39, 0.29) is 50.5 Å². The molecule has 0 amide bonds. The summed E-state index contributed by atoms with van der Waals surface area (Å²) in [5, 5.41) is 0. The van der Waals surface area contributed by atoms with Gasteiger partial charge < -0.3 is 38.5 Å². The first-order valence-electron chi connectivity index (χ1n) is 9.55. The summed E-state index contributed by atoms with van der Waals surface area (Å²) in [6, 6.07) is 0. The molecule has 12 nitrogen and oxygen atoms in total. The van der Waals surface area contributed by atoms with Gasteiger partial charge in [0.1, 0.15) is 6.29 Å². The summed E-state index contributed by atoms with van der Waals surface area (Å²) in [7, 11) is -8.61. The summed E-state index contributed by atoms with van der Waals surface area (Å²) >= 11 is 0. The van der Waals surface area contributed by atoms with Crippen LogP contribution in [0.5, 0.6) is 0 Å². The van der Waals surface area contributed by atoms with Crippen molar-refractivity contribution in [3.63, 3.8) is 0 Å². The number of hydrogen-bond acceptors (Lipinski definition) is 11. The first-order valence-corrected chi connectivity index (χ1v) is 13.8. The summed E-state index contributed by atoms with van der Waals surface area (Å²) in [4.78, 5) is 56.7. The summed E-state index contributed by atoms with van der Waals surface area (Å²) in [6.45, 7) is 7.00. The van der Waals surface area contributed by atoms with Crippen LogP contribution in [0.1, 0.15) is 33.6 Å². The van der Waals surface area contributed by atoms with Crippen LogP contribution in [0.15, 0.2) is 9.98 Å². The van der Waals surface area contributed by atoms with Crippen LogP contribution in [-0.2, 0) is 18.6 Å². The number of aliphatic imine (C=N–C) groups is 2. The van der Waals surface area contributed by atoms with Gasteiger partial charge in [0.2, 0.25) is 0 Å². The summed E-state index contributed by atoms with van der Waals surface area (Å²) in [6.07, 6.45) is 0.792. The molecule has 0 rings (SSSR count). The van der Waals surface area contributed by atoms with Crippen molar-refractivity contribution in [2.45, 2.75) is 33.6 Å². The van der Waals surface area contributed by atoms with Crippen molar-refractivity contribution in [2.75, 3.05) is 52.3 Å². The molecule has 0 saturated carbocycles. The molecule has 0 radical (unpaired) electrons. The Bertz CT molecular complexity index is 531. The van der Waals surface area contributed by atoms with Gasteiger partial charge in [-0.15, -0.1) is 0 Å². The van der Waals surface area contributed by atoms with Gasteiger partial charge in [-0.3, -0.25) is 9.46 Å². The second kappa shape index (κ2) is 17.3. The van der Waals surface area contributed by atoms with Crippen LogP contribution in [0, 0.1) is 0 Å². The highest BCUT2D eigenvalue weighted by molar-refractivity contribution is 7.64. The molecular weight excluding hydrogens is 459 g/mol. The smallest absolute Gasteiger partial charge is 0.341 e. The van der Waals surface area contributed by atoms with Gasteiger partial charge in [0, 0.05) is 26.2 Å². The normalized spacial score (nSPS) is 15.2. The Balaban J connectivity index is 4.81. The molecule has 0 aromatic rings. The van der Waals surface area contributed by atoms with Gasteiger partial charge in [0.25, 0.3) is 28.0 Å². The molecule has 5 N–H and O–H groups in total. The lowest BCUT2D eigenvalue weighted by Crippen LogP contribution is -2.28. The molecule has 15 heteroatoms. The molecule has 0 fully saturated rings. The summed E-state index contributed by atoms with van der Waals surface area (Å²) < 4.78 is 27.2. The third kappa shape index (κ3) is 14.7. The standard InChI is InChI=1S/C15H34N3O9P3/c1-4-25-14(28(19)20)16-9-7-11-18(13-30(23,24)27-6-3)12-8-10-17-15(26-5-2)29(21)22/h19-22H,4-13H2,1-3H3,(H,23,24). The van der Waals surface area contributed by atoms with Crippen molar-refractivity contribution in [1.82, 2.24) is 4.90 Å². The number of ether oxygens (including phenoxy) is 2. The predicted molar refractivity (Wildman–Crippen MR) is 118 cm³/mol. The first-order chi connectivity index (χ1) is 14.2. The lowest BCUT2D eigenvalue weighted by atomic mass is 10.3. The second-order valence-corrected chi connectivity index (χ2v) is 9.53. The highest BCUT2D eigenvalue weighted by atomic mass is 31.2. The fourth-order valence-corrected chi connectivity index (χ4v) is 4.49. The molecule has 0 aliphatic heterocycles. The van der Waals surface area contributed by atoms with E-state index in [2.05, 4.69) is 9.98 Å². The van der Waals surface area contributed by atoms with E-state index < -0.39 is 24.3 Å². The Morgan fingerprint density at radius 2 is 1.30 bits per heavy atom. The van der Waals surface area contributed by atoms with Gasteiger partial charge in [0.05, 0.1) is 19.8 Å². The Labute approximate surface area is 180 Å². The Morgan fingerprint density at radius 3 is 1.63 bits per heavy atom. The minimum absolute atomic E-state index is 0.108. The van der Waals surface area contributed by atoms with Crippen molar-refractivity contribution in [3.05, 3.63) is 0 Å². The molecule has 1 atom stereocenters. The monoisotopic (exact) mass is 493 g/mol. The van der Waals surface area contributed by atoms with E-state index in [1.54, 1.807) is 25.7 Å². The largest absolute Gasteiger partial charge is 0.475 e. The molecule has 0 aromatic heterocycles. The van der Waals surface area contributed by atoms with E-state index in [1.807, 2.05) is 0 Å². The first kappa shape index (κ1) is 29.8. The average molecular weight is 493 g/mol. The Hall–Kier alpha value is -0.250. The zero-order valence-corrected chi connectivity index (χ0v) is 20.3. The predicted octanol–water partition coefficient (Wildman–Crippen LogP) is 1.63. The molecule has 0 aliphatic carbocycles. The van der Waals surface area contributed by atoms with E-state index in [0.29, 0.717) is 25.9 Å². The van der Waals surface area contributed by atoms with Gasteiger partial charge in [-0.25, -0.2) is 9.98 Å². The zero-order valence-electron chi connectivity index (χ0n) is 17.6. The fourth-order valence-electron chi connectivity index (χ4n) is 2.28. The van der Waals surface area contributed by atoms with Crippen LogP contribution in [-0.4, -0.2) is 92.9 Å². The van der Waals surface area contributed by atoms with E-state index >= 15 is 0 Å². The van der Waals surface area contributed by atoms with Crippen molar-refractivity contribution < 1.29 is 43.0 Å². The second-order valence-electron chi connectivity index (χ2n) is 5.80. The van der Waals surface area contributed by atoms with E-state index in [0.717, 1.165) is 0 Å². The van der Waals surface area contributed by atoms with Gasteiger partial charge in [0.15, 0.2) is 0 Å². The summed E-state index contributed by atoms with van der Waals surface area (Å²) in [5.41, 5.74) is -0.216. The van der Waals surface area contributed by atoms with Gasteiger partial charge >= 0.3 is 7.60 Å². The van der Waals surface area contributed by atoms with Crippen molar-refractivity contribution in [3.8, 4) is 0 Å². The minimum atomic E-state index is -3.79. The SMILES string of the molecule is CCOC(=NCCCN(CCCN=C(OCC)P(O)O)CP(=O)(O)OCC)P(O)O. The van der Waals surface area contributed by atoms with E-state index in [4.69, 9.17) is 14.0 Å². The highest BCUT2D eigenvalue weighted by Gasteiger charge is 2.23. The number of hydrogen-bond donors (Lipinski definition) is 5. The lowest BCUT2D eigenvalue weighted by molar-refractivity contribution is 0.233. The number of rotatable bonds is 16. The maximum absolute atomic E-state index is 12.1. The quantitative estimate of drug-likeness (QED) is 0.0920. The van der Waals surface area contributed by atoms with Gasteiger partial charge in [-0.1, -0.05) is 0 Å². The van der Waals surface area contributed by atoms with Crippen LogP contribution in [0.25, 0.3) is 0 Å². The summed E-state index contributed by atoms with van der Waals surface area (Å²) in [5.74, 6) is 0. The van der Waals surface area contributed by atoms with Gasteiger partial charge in [-0.2, -0.15) is 0 Å². The molecule has 178 valence electrons. The average Bonchev–Trinajstić information content (AvgIpc) is 2.65. The van der Waals surface area contributed by atoms with Crippen molar-refractivity contribution in [2.24, 2.45) is 9.98 Å². The van der Waals surface area contributed by atoms with Gasteiger partial charge in [-0.05, 0) is 33.6 Å². The minimum Gasteiger partial charge on any atom is -0.475 e. The molecular formula is C15H34N3O9P3. The van der Waals surface area contributed by atoms with Crippen molar-refractivity contribution >= 4 is 35.6 Å². The molecule has 0 heterocycles.